The van der Waals surface area contributed by atoms with Gasteiger partial charge in [-0.2, -0.15) is 0 Å². The van der Waals surface area contributed by atoms with Crippen molar-refractivity contribution in [1.82, 2.24) is 10.3 Å². The Hall–Kier alpha value is -3.08. The van der Waals surface area contributed by atoms with E-state index in [-0.39, 0.29) is 24.1 Å². The van der Waals surface area contributed by atoms with E-state index in [1.165, 1.54) is 30.5 Å². The predicted molar refractivity (Wildman–Crippen MR) is 87.2 cm³/mol. The molecule has 1 amide bonds. The van der Waals surface area contributed by atoms with Gasteiger partial charge in [0.2, 0.25) is 0 Å². The number of amides is 1. The molecule has 0 bridgehead atoms. The molecule has 0 saturated carbocycles. The molecule has 3 rings (SSSR count). The van der Waals surface area contributed by atoms with E-state index in [0.717, 1.165) is 0 Å². The Labute approximate surface area is 138 Å². The number of hydrogen-bond donors (Lipinski definition) is 1. The van der Waals surface area contributed by atoms with Gasteiger partial charge in [0.15, 0.2) is 0 Å². The number of benzene rings is 2. The zero-order valence-electron chi connectivity index (χ0n) is 12.7. The van der Waals surface area contributed by atoms with Gasteiger partial charge in [-0.3, -0.25) is 9.78 Å². The van der Waals surface area contributed by atoms with Crippen molar-refractivity contribution >= 4 is 5.91 Å². The number of nitrogens with one attached hydrogen (secondary N) is 1. The fraction of sp³-hybridized carbons (Fsp3) is 0.0526. The molecule has 0 aliphatic heterocycles. The minimum absolute atomic E-state index is 0.224. The van der Waals surface area contributed by atoms with Crippen LogP contribution in [0.4, 0.5) is 8.78 Å². The highest BCUT2D eigenvalue weighted by Gasteiger charge is 2.07. The molecule has 1 N–H and O–H groups in total. The summed E-state index contributed by atoms with van der Waals surface area (Å²) >= 11 is 0. The van der Waals surface area contributed by atoms with Crippen LogP contribution in [0.2, 0.25) is 0 Å². The highest BCUT2D eigenvalue weighted by Crippen LogP contribution is 2.18. The molecule has 5 heteroatoms. The highest BCUT2D eigenvalue weighted by molar-refractivity contribution is 5.94. The number of pyridine rings is 1. The third kappa shape index (κ3) is 3.81. The van der Waals surface area contributed by atoms with Gasteiger partial charge in [0.25, 0.3) is 5.91 Å². The number of hydrogen-bond acceptors (Lipinski definition) is 2. The van der Waals surface area contributed by atoms with E-state index in [9.17, 15) is 13.6 Å². The van der Waals surface area contributed by atoms with Gasteiger partial charge in [0, 0.05) is 18.3 Å². The normalized spacial score (nSPS) is 10.4. The summed E-state index contributed by atoms with van der Waals surface area (Å²) in [4.78, 5) is 16.3. The fourth-order valence-corrected chi connectivity index (χ4v) is 2.28. The Bertz CT molecular complexity index is 863. The smallest absolute Gasteiger partial charge is 0.253 e. The van der Waals surface area contributed by atoms with Crippen LogP contribution in [0.3, 0.4) is 0 Å². The van der Waals surface area contributed by atoms with E-state index < -0.39 is 0 Å². The summed E-state index contributed by atoms with van der Waals surface area (Å²) in [6.45, 7) is 0.224. The molecular weight excluding hydrogens is 310 g/mol. The van der Waals surface area contributed by atoms with Gasteiger partial charge in [-0.25, -0.2) is 8.78 Å². The highest BCUT2D eigenvalue weighted by atomic mass is 19.1. The van der Waals surface area contributed by atoms with Crippen LogP contribution in [-0.2, 0) is 6.54 Å². The second kappa shape index (κ2) is 7.00. The van der Waals surface area contributed by atoms with Crippen LogP contribution >= 0.6 is 0 Å². The molecule has 0 aliphatic rings. The first-order valence-electron chi connectivity index (χ1n) is 7.36. The first-order valence-corrected chi connectivity index (χ1v) is 7.36. The van der Waals surface area contributed by atoms with Gasteiger partial charge < -0.3 is 5.32 Å². The third-order valence-electron chi connectivity index (χ3n) is 3.49. The number of nitrogens with zero attached hydrogens (tertiary/aromatic N) is 1. The molecule has 0 spiro atoms. The van der Waals surface area contributed by atoms with Crippen LogP contribution in [0.25, 0.3) is 11.3 Å². The van der Waals surface area contributed by atoms with Crippen LogP contribution in [0, 0.1) is 11.6 Å². The molecule has 0 radical (unpaired) electrons. The summed E-state index contributed by atoms with van der Waals surface area (Å²) in [5.41, 5.74) is 2.28. The molecule has 24 heavy (non-hydrogen) atoms. The van der Waals surface area contributed by atoms with Crippen LogP contribution in [0.15, 0.2) is 66.9 Å². The maximum atomic E-state index is 13.2. The number of carbonyl (C=O) groups excluding carboxylic acids is 1. The van der Waals surface area contributed by atoms with Gasteiger partial charge in [0.1, 0.15) is 11.6 Å². The topological polar surface area (TPSA) is 42.0 Å². The maximum absolute atomic E-state index is 13.2. The van der Waals surface area contributed by atoms with Crippen LogP contribution in [-0.4, -0.2) is 10.9 Å². The summed E-state index contributed by atoms with van der Waals surface area (Å²) in [5.74, 6) is -0.994. The SMILES string of the molecule is O=C(NCc1cccc(F)c1)c1ccc(-c2cccc(F)c2)nc1. The molecule has 0 saturated heterocycles. The van der Waals surface area contributed by atoms with Crippen molar-refractivity contribution in [2.75, 3.05) is 0 Å². The number of aromatic nitrogens is 1. The molecule has 3 nitrogen and oxygen atoms in total. The summed E-state index contributed by atoms with van der Waals surface area (Å²) in [6, 6.07) is 15.4. The van der Waals surface area contributed by atoms with E-state index >= 15 is 0 Å². The van der Waals surface area contributed by atoms with Crippen LogP contribution in [0.1, 0.15) is 15.9 Å². The lowest BCUT2D eigenvalue weighted by Crippen LogP contribution is -2.22. The van der Waals surface area contributed by atoms with E-state index in [1.807, 2.05) is 0 Å². The van der Waals surface area contributed by atoms with Crippen molar-refractivity contribution in [2.45, 2.75) is 6.54 Å². The number of halogens is 2. The Balaban J connectivity index is 1.68. The number of rotatable bonds is 4. The summed E-state index contributed by atoms with van der Waals surface area (Å²) in [6.07, 6.45) is 1.43. The zero-order chi connectivity index (χ0) is 16.9. The molecule has 2 aromatic carbocycles. The molecule has 120 valence electrons. The molecule has 0 atom stereocenters. The molecule has 0 fully saturated rings. The molecule has 0 aliphatic carbocycles. The average molecular weight is 324 g/mol. The lowest BCUT2D eigenvalue weighted by atomic mass is 10.1. The Kier molecular flexibility index (Phi) is 4.61. The molecule has 1 heterocycles. The fourth-order valence-electron chi connectivity index (χ4n) is 2.28. The van der Waals surface area contributed by atoms with Gasteiger partial charge in [-0.05, 0) is 42.0 Å². The lowest BCUT2D eigenvalue weighted by Gasteiger charge is -2.06. The Morgan fingerprint density at radius 2 is 1.71 bits per heavy atom. The lowest BCUT2D eigenvalue weighted by molar-refractivity contribution is 0.0950. The van der Waals surface area contributed by atoms with Gasteiger partial charge >= 0.3 is 0 Å². The van der Waals surface area contributed by atoms with E-state index in [2.05, 4.69) is 10.3 Å². The van der Waals surface area contributed by atoms with Crippen molar-refractivity contribution < 1.29 is 13.6 Å². The van der Waals surface area contributed by atoms with Crippen molar-refractivity contribution in [1.29, 1.82) is 0 Å². The summed E-state index contributed by atoms with van der Waals surface area (Å²) in [7, 11) is 0. The molecular formula is C19H14F2N2O. The van der Waals surface area contributed by atoms with Crippen LogP contribution in [0.5, 0.6) is 0 Å². The van der Waals surface area contributed by atoms with E-state index in [0.29, 0.717) is 22.4 Å². The minimum atomic E-state index is -0.345. The molecule has 1 aromatic heterocycles. The van der Waals surface area contributed by atoms with Gasteiger partial charge in [-0.15, -0.1) is 0 Å². The third-order valence-corrected chi connectivity index (χ3v) is 3.49. The monoisotopic (exact) mass is 324 g/mol. The van der Waals surface area contributed by atoms with Crippen molar-refractivity contribution in [3.8, 4) is 11.3 Å². The Morgan fingerprint density at radius 3 is 2.38 bits per heavy atom. The zero-order valence-corrected chi connectivity index (χ0v) is 12.7. The maximum Gasteiger partial charge on any atom is 0.253 e. The van der Waals surface area contributed by atoms with Crippen molar-refractivity contribution in [3.63, 3.8) is 0 Å². The first kappa shape index (κ1) is 15.8. The van der Waals surface area contributed by atoms with Gasteiger partial charge in [-0.1, -0.05) is 24.3 Å². The first-order chi connectivity index (χ1) is 11.6. The molecule has 0 unspecified atom stereocenters. The van der Waals surface area contributed by atoms with E-state index in [4.69, 9.17) is 0 Å². The number of carbonyl (C=O) groups is 1. The quantitative estimate of drug-likeness (QED) is 0.789. The van der Waals surface area contributed by atoms with Crippen molar-refractivity contribution in [3.05, 3.63) is 89.6 Å². The van der Waals surface area contributed by atoms with Crippen molar-refractivity contribution in [2.24, 2.45) is 0 Å². The second-order valence-corrected chi connectivity index (χ2v) is 5.26. The summed E-state index contributed by atoms with van der Waals surface area (Å²) in [5, 5.41) is 2.71. The van der Waals surface area contributed by atoms with Gasteiger partial charge in [0.05, 0.1) is 11.3 Å². The summed E-state index contributed by atoms with van der Waals surface area (Å²) < 4.78 is 26.3. The second-order valence-electron chi connectivity index (χ2n) is 5.26. The standard InChI is InChI=1S/C19H14F2N2O/c20-16-5-1-3-13(9-16)11-23-19(24)15-7-8-18(22-12-15)14-4-2-6-17(21)10-14/h1-10,12H,11H2,(H,23,24). The van der Waals surface area contributed by atoms with Crippen LogP contribution < -0.4 is 5.32 Å². The molecule has 3 aromatic rings. The predicted octanol–water partition coefficient (Wildman–Crippen LogP) is 3.96. The van der Waals surface area contributed by atoms with E-state index in [1.54, 1.807) is 36.4 Å². The average Bonchev–Trinajstić information content (AvgIpc) is 2.60. The minimum Gasteiger partial charge on any atom is -0.348 e. The largest absolute Gasteiger partial charge is 0.348 e. The Morgan fingerprint density at radius 1 is 0.958 bits per heavy atom.